The molecule has 7 heteroatoms. The fourth-order valence-corrected chi connectivity index (χ4v) is 2.69. The van der Waals surface area contributed by atoms with Crippen molar-refractivity contribution in [3.63, 3.8) is 0 Å². The van der Waals surface area contributed by atoms with Crippen molar-refractivity contribution in [2.45, 2.75) is 32.7 Å². The highest BCUT2D eigenvalue weighted by atomic mass is 16.5. The highest BCUT2D eigenvalue weighted by Gasteiger charge is 2.25. The summed E-state index contributed by atoms with van der Waals surface area (Å²) in [6, 6.07) is 5.55. The van der Waals surface area contributed by atoms with Crippen LogP contribution in [0.4, 0.5) is 11.4 Å². The molecule has 0 radical (unpaired) electrons. The first-order chi connectivity index (χ1) is 11.1. The third-order valence-electron chi connectivity index (χ3n) is 3.84. The molecule has 1 aliphatic heterocycles. The van der Waals surface area contributed by atoms with E-state index >= 15 is 0 Å². The Kier molecular flexibility index (Phi) is 4.18. The molecule has 1 aromatic heterocycles. The summed E-state index contributed by atoms with van der Waals surface area (Å²) < 4.78 is 10.8. The summed E-state index contributed by atoms with van der Waals surface area (Å²) in [4.78, 5) is 13.8. The SMILES string of the molecule is COc1ccc(NC(C)c2nnc(C)o2)cc1N1CCCC1=O. The van der Waals surface area contributed by atoms with Crippen molar-refractivity contribution in [1.82, 2.24) is 10.2 Å². The van der Waals surface area contributed by atoms with Crippen molar-refractivity contribution in [2.24, 2.45) is 0 Å². The first-order valence-corrected chi connectivity index (χ1v) is 7.63. The average molecular weight is 316 g/mol. The molecule has 2 aromatic rings. The van der Waals surface area contributed by atoms with E-state index in [2.05, 4.69) is 15.5 Å². The Morgan fingerprint density at radius 2 is 2.22 bits per heavy atom. The van der Waals surface area contributed by atoms with E-state index in [1.807, 2.05) is 25.1 Å². The zero-order valence-corrected chi connectivity index (χ0v) is 13.5. The van der Waals surface area contributed by atoms with Crippen LogP contribution in [0.3, 0.4) is 0 Å². The number of methoxy groups -OCH3 is 1. The average Bonchev–Trinajstić information content (AvgIpc) is 3.15. The number of nitrogens with one attached hydrogen (secondary N) is 1. The third-order valence-corrected chi connectivity index (χ3v) is 3.84. The van der Waals surface area contributed by atoms with Crippen LogP contribution in [0.1, 0.15) is 37.6 Å². The van der Waals surface area contributed by atoms with Crippen molar-refractivity contribution < 1.29 is 13.9 Å². The number of benzene rings is 1. The first-order valence-electron chi connectivity index (χ1n) is 7.63. The second-order valence-corrected chi connectivity index (χ2v) is 5.56. The monoisotopic (exact) mass is 316 g/mol. The van der Waals surface area contributed by atoms with Gasteiger partial charge in [-0.1, -0.05) is 0 Å². The van der Waals surface area contributed by atoms with Crippen LogP contribution >= 0.6 is 0 Å². The van der Waals surface area contributed by atoms with Gasteiger partial charge in [0.15, 0.2) is 0 Å². The van der Waals surface area contributed by atoms with Crippen LogP contribution in [-0.2, 0) is 4.79 Å². The van der Waals surface area contributed by atoms with Crippen LogP contribution in [0.25, 0.3) is 0 Å². The molecule has 7 nitrogen and oxygen atoms in total. The van der Waals surface area contributed by atoms with E-state index in [1.54, 1.807) is 18.9 Å². The minimum Gasteiger partial charge on any atom is -0.495 e. The number of hydrogen-bond acceptors (Lipinski definition) is 6. The second-order valence-electron chi connectivity index (χ2n) is 5.56. The fourth-order valence-electron chi connectivity index (χ4n) is 2.69. The van der Waals surface area contributed by atoms with Gasteiger partial charge in [-0.15, -0.1) is 10.2 Å². The number of hydrogen-bond donors (Lipinski definition) is 1. The predicted molar refractivity (Wildman–Crippen MR) is 85.7 cm³/mol. The minimum atomic E-state index is -0.133. The van der Waals surface area contributed by atoms with Gasteiger partial charge in [0.05, 0.1) is 12.8 Å². The van der Waals surface area contributed by atoms with Gasteiger partial charge in [-0.2, -0.15) is 0 Å². The summed E-state index contributed by atoms with van der Waals surface area (Å²) in [6.45, 7) is 4.42. The lowest BCUT2D eigenvalue weighted by molar-refractivity contribution is -0.117. The molecule has 1 saturated heterocycles. The second kappa shape index (κ2) is 6.28. The molecule has 1 unspecified atom stereocenters. The minimum absolute atomic E-state index is 0.126. The van der Waals surface area contributed by atoms with Gasteiger partial charge >= 0.3 is 0 Å². The molecule has 1 aliphatic rings. The Hall–Kier alpha value is -2.57. The number of aromatic nitrogens is 2. The number of carbonyl (C=O) groups excluding carboxylic acids is 1. The molecular weight excluding hydrogens is 296 g/mol. The number of anilines is 2. The van der Waals surface area contributed by atoms with Crippen molar-refractivity contribution in [3.8, 4) is 5.75 Å². The summed E-state index contributed by atoms with van der Waals surface area (Å²) in [7, 11) is 1.61. The summed E-state index contributed by atoms with van der Waals surface area (Å²) in [5.74, 6) is 1.87. The van der Waals surface area contributed by atoms with Gasteiger partial charge in [0, 0.05) is 25.6 Å². The molecule has 0 aliphatic carbocycles. The zero-order chi connectivity index (χ0) is 16.4. The lowest BCUT2D eigenvalue weighted by Crippen LogP contribution is -2.24. The Bertz CT molecular complexity index is 713. The van der Waals surface area contributed by atoms with Gasteiger partial charge < -0.3 is 19.4 Å². The lowest BCUT2D eigenvalue weighted by Gasteiger charge is -2.21. The quantitative estimate of drug-likeness (QED) is 0.913. The Morgan fingerprint density at radius 3 is 2.83 bits per heavy atom. The molecule has 122 valence electrons. The topological polar surface area (TPSA) is 80.5 Å². The molecule has 2 heterocycles. The number of amides is 1. The highest BCUT2D eigenvalue weighted by Crippen LogP contribution is 2.34. The molecule has 0 bridgehead atoms. The molecule has 1 fully saturated rings. The van der Waals surface area contributed by atoms with E-state index in [0.717, 1.165) is 24.3 Å². The molecule has 0 spiro atoms. The van der Waals surface area contributed by atoms with Gasteiger partial charge in [0.1, 0.15) is 11.8 Å². The van der Waals surface area contributed by atoms with Crippen molar-refractivity contribution >= 4 is 17.3 Å². The standard InChI is InChI=1S/C16H20N4O3/c1-10(16-19-18-11(2)23-16)17-12-6-7-14(22-3)13(9-12)20-8-4-5-15(20)21/h6-7,9-10,17H,4-5,8H2,1-3H3. The van der Waals surface area contributed by atoms with E-state index in [4.69, 9.17) is 9.15 Å². The Morgan fingerprint density at radius 1 is 1.39 bits per heavy atom. The van der Waals surface area contributed by atoms with Gasteiger partial charge in [0.2, 0.25) is 17.7 Å². The van der Waals surface area contributed by atoms with Crippen LogP contribution in [-0.4, -0.2) is 29.8 Å². The van der Waals surface area contributed by atoms with Gasteiger partial charge in [-0.05, 0) is 31.5 Å². The molecule has 23 heavy (non-hydrogen) atoms. The first kappa shape index (κ1) is 15.3. The summed E-state index contributed by atoms with van der Waals surface area (Å²) in [5, 5.41) is 11.2. The predicted octanol–water partition coefficient (Wildman–Crippen LogP) is 2.69. The molecule has 3 rings (SSSR count). The van der Waals surface area contributed by atoms with Crippen LogP contribution in [0, 0.1) is 6.92 Å². The van der Waals surface area contributed by atoms with Gasteiger partial charge in [-0.25, -0.2) is 0 Å². The Labute approximate surface area is 134 Å². The molecule has 1 N–H and O–H groups in total. The van der Waals surface area contributed by atoms with Gasteiger partial charge in [0.25, 0.3) is 0 Å². The maximum Gasteiger partial charge on any atom is 0.238 e. The van der Waals surface area contributed by atoms with Crippen LogP contribution in [0.15, 0.2) is 22.6 Å². The van der Waals surface area contributed by atoms with Gasteiger partial charge in [-0.3, -0.25) is 4.79 Å². The molecule has 1 amide bonds. The Balaban J connectivity index is 1.84. The number of nitrogens with zero attached hydrogens (tertiary/aromatic N) is 3. The molecule has 0 saturated carbocycles. The summed E-state index contributed by atoms with van der Waals surface area (Å²) >= 11 is 0. The van der Waals surface area contributed by atoms with Crippen LogP contribution in [0.5, 0.6) is 5.75 Å². The van der Waals surface area contributed by atoms with Crippen LogP contribution in [0.2, 0.25) is 0 Å². The summed E-state index contributed by atoms with van der Waals surface area (Å²) in [6.07, 6.45) is 1.45. The largest absolute Gasteiger partial charge is 0.495 e. The number of carbonyl (C=O) groups is 1. The maximum atomic E-state index is 12.0. The van der Waals surface area contributed by atoms with E-state index in [0.29, 0.717) is 24.0 Å². The maximum absolute atomic E-state index is 12.0. The van der Waals surface area contributed by atoms with E-state index in [1.165, 1.54) is 0 Å². The third kappa shape index (κ3) is 3.13. The van der Waals surface area contributed by atoms with E-state index in [-0.39, 0.29) is 11.9 Å². The van der Waals surface area contributed by atoms with Crippen molar-refractivity contribution in [3.05, 3.63) is 30.0 Å². The zero-order valence-electron chi connectivity index (χ0n) is 13.5. The highest BCUT2D eigenvalue weighted by molar-refractivity contribution is 5.97. The normalized spacial score (nSPS) is 15.8. The fraction of sp³-hybridized carbons (Fsp3) is 0.438. The molecular formula is C16H20N4O3. The van der Waals surface area contributed by atoms with E-state index < -0.39 is 0 Å². The summed E-state index contributed by atoms with van der Waals surface area (Å²) in [5.41, 5.74) is 1.65. The molecule has 1 atom stereocenters. The molecule has 1 aromatic carbocycles. The lowest BCUT2D eigenvalue weighted by atomic mass is 10.2. The van der Waals surface area contributed by atoms with Crippen LogP contribution < -0.4 is 15.0 Å². The van der Waals surface area contributed by atoms with E-state index in [9.17, 15) is 4.79 Å². The van der Waals surface area contributed by atoms with Crippen molar-refractivity contribution in [2.75, 3.05) is 23.9 Å². The number of ether oxygens (including phenoxy) is 1. The number of rotatable bonds is 5. The smallest absolute Gasteiger partial charge is 0.238 e. The number of aryl methyl sites for hydroxylation is 1. The van der Waals surface area contributed by atoms with Crippen molar-refractivity contribution in [1.29, 1.82) is 0 Å².